The summed E-state index contributed by atoms with van der Waals surface area (Å²) in [4.78, 5) is 4.78. The lowest BCUT2D eigenvalue weighted by Gasteiger charge is -2.12. The van der Waals surface area contributed by atoms with Crippen molar-refractivity contribution in [3.8, 4) is 11.3 Å². The first-order valence-corrected chi connectivity index (χ1v) is 8.55. The molecule has 24 heavy (non-hydrogen) atoms. The van der Waals surface area contributed by atoms with E-state index >= 15 is 0 Å². The smallest absolute Gasteiger partial charge is 0.134 e. The van der Waals surface area contributed by atoms with E-state index in [2.05, 4.69) is 52.4 Å². The predicted octanol–water partition coefficient (Wildman–Crippen LogP) is 4.36. The van der Waals surface area contributed by atoms with Crippen LogP contribution in [0, 0.1) is 6.92 Å². The van der Waals surface area contributed by atoms with Crippen molar-refractivity contribution in [1.29, 1.82) is 0 Å². The number of imidazole rings is 1. The van der Waals surface area contributed by atoms with E-state index in [-0.39, 0.29) is 6.04 Å². The van der Waals surface area contributed by atoms with Gasteiger partial charge in [-0.3, -0.25) is 0 Å². The number of nitrogens with zero attached hydrogens (tertiary/aromatic N) is 3. The molecule has 5 heteroatoms. The van der Waals surface area contributed by atoms with E-state index in [0.717, 1.165) is 41.4 Å². The summed E-state index contributed by atoms with van der Waals surface area (Å²) in [5.74, 6) is 2.05. The Morgan fingerprint density at radius 1 is 1.21 bits per heavy atom. The number of anilines is 1. The number of aromatic nitrogens is 3. The number of hydrogen-bond acceptors (Lipinski definition) is 4. The van der Waals surface area contributed by atoms with Gasteiger partial charge < -0.3 is 14.4 Å². The zero-order chi connectivity index (χ0) is 16.5. The van der Waals surface area contributed by atoms with Crippen LogP contribution in [0.1, 0.15) is 43.1 Å². The van der Waals surface area contributed by atoms with Crippen LogP contribution in [0.5, 0.6) is 0 Å². The summed E-state index contributed by atoms with van der Waals surface area (Å²) in [7, 11) is 0. The SMILES string of the molecule is Cc1cc(C(C)Nc2ccc(-c3cn4c(n3)CCCC4)cc2)no1. The van der Waals surface area contributed by atoms with Gasteiger partial charge in [-0.1, -0.05) is 17.3 Å². The normalized spacial score (nSPS) is 15.1. The minimum absolute atomic E-state index is 0.105. The van der Waals surface area contributed by atoms with Crippen LogP contribution in [0.2, 0.25) is 0 Å². The fourth-order valence-corrected chi connectivity index (χ4v) is 3.20. The molecule has 0 fully saturated rings. The highest BCUT2D eigenvalue weighted by Gasteiger charge is 2.14. The second-order valence-electron chi connectivity index (χ2n) is 6.50. The van der Waals surface area contributed by atoms with Crippen molar-refractivity contribution in [1.82, 2.24) is 14.7 Å². The van der Waals surface area contributed by atoms with Crippen LogP contribution in [-0.4, -0.2) is 14.7 Å². The monoisotopic (exact) mass is 322 g/mol. The van der Waals surface area contributed by atoms with E-state index in [0.29, 0.717) is 0 Å². The molecule has 3 heterocycles. The first-order chi connectivity index (χ1) is 11.7. The maximum atomic E-state index is 5.14. The minimum Gasteiger partial charge on any atom is -0.377 e. The molecule has 0 amide bonds. The van der Waals surface area contributed by atoms with Crippen molar-refractivity contribution < 1.29 is 4.52 Å². The molecule has 1 N–H and O–H groups in total. The summed E-state index contributed by atoms with van der Waals surface area (Å²) in [5, 5.41) is 7.51. The van der Waals surface area contributed by atoms with Gasteiger partial charge in [-0.25, -0.2) is 4.98 Å². The molecule has 1 aliphatic rings. The van der Waals surface area contributed by atoms with Crippen molar-refractivity contribution in [2.45, 2.75) is 45.7 Å². The van der Waals surface area contributed by atoms with Crippen LogP contribution in [0.3, 0.4) is 0 Å². The van der Waals surface area contributed by atoms with Crippen LogP contribution in [0.25, 0.3) is 11.3 Å². The molecule has 124 valence electrons. The first-order valence-electron chi connectivity index (χ1n) is 8.55. The molecular formula is C19H22N4O. The Kier molecular flexibility index (Phi) is 3.84. The van der Waals surface area contributed by atoms with Gasteiger partial charge >= 0.3 is 0 Å². The average Bonchev–Trinajstić information content (AvgIpc) is 3.21. The highest BCUT2D eigenvalue weighted by Crippen LogP contribution is 2.25. The standard InChI is InChI=1S/C19H22N4O/c1-13-11-17(22-24-13)14(2)20-16-8-6-15(7-9-16)18-12-23-10-4-3-5-19(23)21-18/h6-9,11-12,14,20H,3-5,10H2,1-2H3. The second-order valence-corrected chi connectivity index (χ2v) is 6.50. The Balaban J connectivity index is 1.49. The van der Waals surface area contributed by atoms with Crippen LogP contribution < -0.4 is 5.32 Å². The fourth-order valence-electron chi connectivity index (χ4n) is 3.20. The van der Waals surface area contributed by atoms with E-state index in [9.17, 15) is 0 Å². The summed E-state index contributed by atoms with van der Waals surface area (Å²) in [6.07, 6.45) is 5.77. The largest absolute Gasteiger partial charge is 0.377 e. The van der Waals surface area contributed by atoms with Crippen LogP contribution >= 0.6 is 0 Å². The Hall–Kier alpha value is -2.56. The average molecular weight is 322 g/mol. The van der Waals surface area contributed by atoms with Gasteiger partial charge in [-0.2, -0.15) is 0 Å². The van der Waals surface area contributed by atoms with Gasteiger partial charge in [0, 0.05) is 36.5 Å². The van der Waals surface area contributed by atoms with Crippen molar-refractivity contribution in [2.24, 2.45) is 0 Å². The molecule has 0 saturated carbocycles. The molecule has 0 spiro atoms. The Bertz CT molecular complexity index is 808. The van der Waals surface area contributed by atoms with E-state index < -0.39 is 0 Å². The minimum atomic E-state index is 0.105. The van der Waals surface area contributed by atoms with Gasteiger partial charge in [0.1, 0.15) is 17.3 Å². The molecule has 3 aromatic rings. The topological polar surface area (TPSA) is 55.9 Å². The molecule has 1 unspecified atom stereocenters. The summed E-state index contributed by atoms with van der Waals surface area (Å²) < 4.78 is 7.43. The number of fused-ring (bicyclic) bond motifs is 1. The van der Waals surface area contributed by atoms with Gasteiger partial charge in [0.15, 0.2) is 0 Å². The van der Waals surface area contributed by atoms with Gasteiger partial charge in [-0.15, -0.1) is 0 Å². The van der Waals surface area contributed by atoms with E-state index in [4.69, 9.17) is 9.51 Å². The van der Waals surface area contributed by atoms with Crippen molar-refractivity contribution in [3.05, 3.63) is 53.8 Å². The maximum Gasteiger partial charge on any atom is 0.134 e. The predicted molar refractivity (Wildman–Crippen MR) is 93.9 cm³/mol. The van der Waals surface area contributed by atoms with Crippen LogP contribution in [-0.2, 0) is 13.0 Å². The number of nitrogens with one attached hydrogen (secondary N) is 1. The molecule has 1 aliphatic heterocycles. The second kappa shape index (κ2) is 6.15. The molecule has 4 rings (SSSR count). The number of aryl methyl sites for hydroxylation is 3. The Morgan fingerprint density at radius 2 is 2.04 bits per heavy atom. The highest BCUT2D eigenvalue weighted by atomic mass is 16.5. The third kappa shape index (κ3) is 2.94. The lowest BCUT2D eigenvalue weighted by Crippen LogP contribution is -2.08. The van der Waals surface area contributed by atoms with E-state index in [1.807, 2.05) is 13.0 Å². The van der Waals surface area contributed by atoms with Crippen molar-refractivity contribution in [2.75, 3.05) is 5.32 Å². The maximum absolute atomic E-state index is 5.14. The quantitative estimate of drug-likeness (QED) is 0.775. The Morgan fingerprint density at radius 3 is 2.75 bits per heavy atom. The number of rotatable bonds is 4. The number of benzene rings is 1. The molecular weight excluding hydrogens is 300 g/mol. The summed E-state index contributed by atoms with van der Waals surface area (Å²) in [6, 6.07) is 10.5. The number of hydrogen-bond donors (Lipinski definition) is 1. The van der Waals surface area contributed by atoms with E-state index in [1.165, 1.54) is 18.7 Å². The lowest BCUT2D eigenvalue weighted by molar-refractivity contribution is 0.388. The third-order valence-corrected chi connectivity index (χ3v) is 4.56. The van der Waals surface area contributed by atoms with Crippen LogP contribution in [0.4, 0.5) is 5.69 Å². The van der Waals surface area contributed by atoms with Gasteiger partial charge in [-0.05, 0) is 38.8 Å². The van der Waals surface area contributed by atoms with Crippen molar-refractivity contribution >= 4 is 5.69 Å². The summed E-state index contributed by atoms with van der Waals surface area (Å²) >= 11 is 0. The van der Waals surface area contributed by atoms with Gasteiger partial charge in [0.25, 0.3) is 0 Å². The lowest BCUT2D eigenvalue weighted by atomic mass is 10.1. The highest BCUT2D eigenvalue weighted by molar-refractivity contribution is 5.62. The molecule has 0 aliphatic carbocycles. The molecule has 0 bridgehead atoms. The van der Waals surface area contributed by atoms with Crippen LogP contribution in [0.15, 0.2) is 41.1 Å². The molecule has 1 atom stereocenters. The fraction of sp³-hybridized carbons (Fsp3) is 0.368. The zero-order valence-electron chi connectivity index (χ0n) is 14.1. The zero-order valence-corrected chi connectivity index (χ0v) is 14.1. The summed E-state index contributed by atoms with van der Waals surface area (Å²) in [6.45, 7) is 5.08. The molecule has 0 radical (unpaired) electrons. The summed E-state index contributed by atoms with van der Waals surface area (Å²) in [5.41, 5.74) is 4.21. The van der Waals surface area contributed by atoms with E-state index in [1.54, 1.807) is 0 Å². The molecule has 5 nitrogen and oxygen atoms in total. The molecule has 1 aromatic carbocycles. The van der Waals surface area contributed by atoms with Gasteiger partial charge in [0.2, 0.25) is 0 Å². The molecule has 2 aromatic heterocycles. The van der Waals surface area contributed by atoms with Gasteiger partial charge in [0.05, 0.1) is 11.7 Å². The first kappa shape index (κ1) is 15.0. The molecule has 0 saturated heterocycles. The Labute approximate surface area is 141 Å². The third-order valence-electron chi connectivity index (χ3n) is 4.56. The van der Waals surface area contributed by atoms with Crippen molar-refractivity contribution in [3.63, 3.8) is 0 Å².